The Kier molecular flexibility index (Phi) is 1.11. The Balaban J connectivity index is 3.03. The van der Waals surface area contributed by atoms with Gasteiger partial charge >= 0.3 is 6.08 Å². The molecule has 0 saturated heterocycles. The third-order valence-corrected chi connectivity index (χ3v) is 0.461. The van der Waals surface area contributed by atoms with Crippen LogP contribution in [0.25, 0.3) is 0 Å². The Morgan fingerprint density at radius 1 is 1.25 bits per heavy atom. The first kappa shape index (κ1) is 5.02. The zero-order chi connectivity index (χ0) is 5.98. The molecule has 0 unspecified atom stereocenters. The molecule has 0 bridgehead atoms. The molecule has 0 amide bonds. The van der Waals surface area contributed by atoms with Crippen molar-refractivity contribution in [2.24, 2.45) is 0 Å². The largest absolute Gasteiger partial charge is 0.328 e. The second kappa shape index (κ2) is 1.77. The summed E-state index contributed by atoms with van der Waals surface area (Å²) in [5.41, 5.74) is 0. The summed E-state index contributed by atoms with van der Waals surface area (Å²) in [5.74, 6) is -1.01. The zero-order valence-corrected chi connectivity index (χ0v) is 3.60. The zero-order valence-electron chi connectivity index (χ0n) is 3.60. The summed E-state index contributed by atoms with van der Waals surface area (Å²) < 4.78 is 23.2. The van der Waals surface area contributed by atoms with Crippen molar-refractivity contribution in [2.75, 3.05) is 0 Å². The van der Waals surface area contributed by atoms with Crippen LogP contribution in [-0.2, 0) is 0 Å². The lowest BCUT2D eigenvalue weighted by atomic mass is 10.9. The van der Waals surface area contributed by atoms with Crippen molar-refractivity contribution in [1.29, 1.82) is 0 Å². The first-order valence-electron chi connectivity index (χ1n) is 1.72. The molecular formula is C3F2N3. The van der Waals surface area contributed by atoms with Crippen molar-refractivity contribution >= 4 is 0 Å². The van der Waals surface area contributed by atoms with E-state index in [1.54, 1.807) is 6.20 Å². The van der Waals surface area contributed by atoms with Crippen molar-refractivity contribution in [3.63, 3.8) is 0 Å². The Bertz CT molecular complexity index is 151. The van der Waals surface area contributed by atoms with Crippen LogP contribution < -0.4 is 0 Å². The van der Waals surface area contributed by atoms with Crippen molar-refractivity contribution in [3.8, 4) is 0 Å². The maximum atomic E-state index is 11.6. The Morgan fingerprint density at radius 2 is 2.00 bits per heavy atom. The molecular weight excluding hydrogens is 116 g/mol. The lowest BCUT2D eigenvalue weighted by molar-refractivity contribution is 0.468. The number of hydrogen-bond acceptors (Lipinski definition) is 3. The van der Waals surface area contributed by atoms with Gasteiger partial charge in [-0.1, -0.05) is 5.10 Å². The molecule has 3 nitrogen and oxygen atoms in total. The molecule has 1 radical (unpaired) electrons. The predicted molar refractivity (Wildman–Crippen MR) is 18.6 cm³/mol. The highest BCUT2D eigenvalue weighted by atomic mass is 19.1. The highest BCUT2D eigenvalue weighted by molar-refractivity contribution is 4.64. The van der Waals surface area contributed by atoms with Gasteiger partial charge in [-0.05, 0) is 0 Å². The normalized spacial score (nSPS) is 9.25. The molecule has 1 aromatic heterocycles. The number of aromatic nitrogens is 3. The fourth-order valence-electron chi connectivity index (χ4n) is 0.222. The Labute approximate surface area is 43.4 Å². The average molecular weight is 116 g/mol. The van der Waals surface area contributed by atoms with Crippen LogP contribution in [0.2, 0.25) is 0 Å². The van der Waals surface area contributed by atoms with Crippen LogP contribution in [0.5, 0.6) is 0 Å². The highest BCUT2D eigenvalue weighted by Crippen LogP contribution is 1.82. The maximum Gasteiger partial charge on any atom is 0.328 e. The number of hydrogen-bond donors (Lipinski definition) is 0. The molecule has 1 aromatic rings. The van der Waals surface area contributed by atoms with Crippen LogP contribution in [-0.4, -0.2) is 15.2 Å². The van der Waals surface area contributed by atoms with Gasteiger partial charge in [0.05, 0.1) is 0 Å². The van der Waals surface area contributed by atoms with E-state index in [0.29, 0.717) is 0 Å². The van der Waals surface area contributed by atoms with E-state index in [4.69, 9.17) is 0 Å². The van der Waals surface area contributed by atoms with E-state index in [1.165, 1.54) is 0 Å². The standard InChI is InChI=1S/C3F2N3/c4-2-1-6-3(5)8-7-2. The van der Waals surface area contributed by atoms with Gasteiger partial charge in [0.2, 0.25) is 0 Å². The van der Waals surface area contributed by atoms with Crippen molar-refractivity contribution < 1.29 is 8.78 Å². The third kappa shape index (κ3) is 0.927. The van der Waals surface area contributed by atoms with Gasteiger partial charge in [0, 0.05) is 0 Å². The third-order valence-electron chi connectivity index (χ3n) is 0.461. The molecule has 0 aromatic carbocycles. The predicted octanol–water partition coefficient (Wildman–Crippen LogP) is -0.0500. The van der Waals surface area contributed by atoms with Gasteiger partial charge in [-0.3, -0.25) is 0 Å². The van der Waals surface area contributed by atoms with E-state index >= 15 is 0 Å². The van der Waals surface area contributed by atoms with Crippen molar-refractivity contribution in [1.82, 2.24) is 15.2 Å². The van der Waals surface area contributed by atoms with Crippen LogP contribution in [0.1, 0.15) is 0 Å². The van der Waals surface area contributed by atoms with Gasteiger partial charge in [-0.2, -0.15) is 13.8 Å². The van der Waals surface area contributed by atoms with Gasteiger partial charge < -0.3 is 0 Å². The van der Waals surface area contributed by atoms with E-state index in [0.717, 1.165) is 0 Å². The van der Waals surface area contributed by atoms with Gasteiger partial charge in [0.25, 0.3) is 5.95 Å². The monoisotopic (exact) mass is 116 g/mol. The van der Waals surface area contributed by atoms with Crippen molar-refractivity contribution in [3.05, 3.63) is 18.2 Å². The quantitative estimate of drug-likeness (QED) is 0.477. The molecule has 0 N–H and O–H groups in total. The molecule has 41 valence electrons. The van der Waals surface area contributed by atoms with Gasteiger partial charge in [-0.25, -0.2) is 0 Å². The van der Waals surface area contributed by atoms with Crippen LogP contribution in [0.3, 0.4) is 0 Å². The lowest BCUT2D eigenvalue weighted by Gasteiger charge is -1.79. The second-order valence-electron chi connectivity index (χ2n) is 0.983. The minimum atomic E-state index is -1.08. The van der Waals surface area contributed by atoms with Crippen LogP contribution >= 0.6 is 0 Å². The van der Waals surface area contributed by atoms with E-state index in [-0.39, 0.29) is 0 Å². The molecule has 0 saturated carbocycles. The Hall–Kier alpha value is -1.13. The van der Waals surface area contributed by atoms with Crippen molar-refractivity contribution in [2.45, 2.75) is 0 Å². The molecule has 0 aliphatic carbocycles. The van der Waals surface area contributed by atoms with Gasteiger partial charge in [0.15, 0.2) is 6.20 Å². The van der Waals surface area contributed by atoms with Gasteiger partial charge in [-0.15, -0.1) is 5.10 Å². The summed E-state index contributed by atoms with van der Waals surface area (Å²) in [6, 6.07) is 0. The fourth-order valence-corrected chi connectivity index (χ4v) is 0.222. The molecule has 5 heteroatoms. The summed E-state index contributed by atoms with van der Waals surface area (Å²) in [6.45, 7) is 0. The van der Waals surface area contributed by atoms with E-state index < -0.39 is 12.0 Å². The number of halogens is 2. The molecule has 0 aliphatic rings. The summed E-state index contributed by atoms with van der Waals surface area (Å²) in [4.78, 5) is 2.74. The van der Waals surface area contributed by atoms with Crippen LogP contribution in [0, 0.1) is 18.2 Å². The van der Waals surface area contributed by atoms with E-state index in [2.05, 4.69) is 15.2 Å². The first-order chi connectivity index (χ1) is 3.79. The molecule has 1 rings (SSSR count). The molecule has 0 atom stereocenters. The van der Waals surface area contributed by atoms with E-state index in [1.807, 2.05) is 0 Å². The Morgan fingerprint density at radius 3 is 2.38 bits per heavy atom. The topological polar surface area (TPSA) is 38.7 Å². The summed E-state index contributed by atoms with van der Waals surface area (Å²) >= 11 is 0. The maximum absolute atomic E-state index is 11.6. The lowest BCUT2D eigenvalue weighted by Crippen LogP contribution is -1.94. The van der Waals surface area contributed by atoms with Crippen LogP contribution in [0.15, 0.2) is 0 Å². The van der Waals surface area contributed by atoms with Crippen LogP contribution in [0.4, 0.5) is 8.78 Å². The number of rotatable bonds is 0. The fraction of sp³-hybridized carbons (Fsp3) is 0. The summed E-state index contributed by atoms with van der Waals surface area (Å²) in [6.07, 6.45) is 0.557. The molecule has 1 heterocycles. The van der Waals surface area contributed by atoms with E-state index in [9.17, 15) is 8.78 Å². The number of nitrogens with zero attached hydrogens (tertiary/aromatic N) is 3. The van der Waals surface area contributed by atoms with Gasteiger partial charge in [0.1, 0.15) is 0 Å². The summed E-state index contributed by atoms with van der Waals surface area (Å²) in [7, 11) is 0. The smallest absolute Gasteiger partial charge is 0.194 e. The minimum Gasteiger partial charge on any atom is -0.194 e. The minimum absolute atomic E-state index is 1.01. The average Bonchev–Trinajstić information content (AvgIpc) is 1.77. The molecule has 0 fully saturated rings. The molecule has 0 aliphatic heterocycles. The summed E-state index contributed by atoms with van der Waals surface area (Å²) in [5, 5.41) is 5.31. The SMILES string of the molecule is Fc1[c]nc(F)nn1. The highest BCUT2D eigenvalue weighted by Gasteiger charge is 1.93. The molecule has 8 heavy (non-hydrogen) atoms. The second-order valence-corrected chi connectivity index (χ2v) is 0.983. The first-order valence-corrected chi connectivity index (χ1v) is 1.72. The molecule has 0 spiro atoms.